The van der Waals surface area contributed by atoms with Gasteiger partial charge in [-0.25, -0.2) is 34.9 Å². The van der Waals surface area contributed by atoms with E-state index in [1.807, 2.05) is 127 Å². The first-order valence-electron chi connectivity index (χ1n) is 16.5. The molecule has 10 rings (SSSR count). The van der Waals surface area contributed by atoms with E-state index >= 15 is 0 Å². The van der Waals surface area contributed by atoms with E-state index in [1.54, 1.807) is 18.6 Å². The number of fused-ring (bicyclic) bond motifs is 3. The molecule has 10 heteroatoms. The topological polar surface area (TPSA) is 105 Å². The second-order valence-electron chi connectivity index (χ2n) is 12.0. The van der Waals surface area contributed by atoms with Crippen molar-refractivity contribution in [3.8, 4) is 51.5 Å². The first-order chi connectivity index (χ1) is 25.3. The van der Waals surface area contributed by atoms with E-state index in [1.165, 1.54) is 0 Å². The molecule has 0 aliphatic carbocycles. The van der Waals surface area contributed by atoms with E-state index < -0.39 is 0 Å². The summed E-state index contributed by atoms with van der Waals surface area (Å²) in [4.78, 5) is 35.1. The number of benzene rings is 3. The van der Waals surface area contributed by atoms with Crippen LogP contribution in [-0.2, 0) is 0 Å². The molecule has 240 valence electrons. The standard InChI is InChI=1S/C41H26N10/c1-4-13-28(14-5-1)49-36(46-31-19-10-22-42-37(31)49)27-25-34(40-47-32-20-11-23-43-38(32)50(40)29-15-6-2-7-16-29)45-35(26-27)41-48-33-21-12-24-44-39(33)51(41)30-17-8-3-9-18-30/h1-26H. The molecule has 10 nitrogen and oxygen atoms in total. The zero-order valence-corrected chi connectivity index (χ0v) is 27.0. The van der Waals surface area contributed by atoms with Gasteiger partial charge in [0.2, 0.25) is 0 Å². The molecule has 0 aliphatic rings. The van der Waals surface area contributed by atoms with Crippen molar-refractivity contribution in [2.45, 2.75) is 0 Å². The Hall–Kier alpha value is -7.33. The molecule has 0 radical (unpaired) electrons. The van der Waals surface area contributed by atoms with Gasteiger partial charge in [-0.3, -0.25) is 13.7 Å². The molecule has 7 aromatic heterocycles. The molecular formula is C41H26N10. The van der Waals surface area contributed by atoms with Crippen LogP contribution in [0.25, 0.3) is 85.0 Å². The predicted octanol–water partition coefficient (Wildman–Crippen LogP) is 8.28. The lowest BCUT2D eigenvalue weighted by Crippen LogP contribution is -2.04. The molecule has 7 heterocycles. The molecular weight excluding hydrogens is 633 g/mol. The Morgan fingerprint density at radius 2 is 0.686 bits per heavy atom. The molecule has 0 saturated heterocycles. The Balaban J connectivity index is 1.31. The monoisotopic (exact) mass is 658 g/mol. The van der Waals surface area contributed by atoms with Crippen molar-refractivity contribution in [3.63, 3.8) is 0 Å². The highest BCUT2D eigenvalue weighted by molar-refractivity contribution is 5.86. The van der Waals surface area contributed by atoms with Crippen LogP contribution >= 0.6 is 0 Å². The lowest BCUT2D eigenvalue weighted by molar-refractivity contribution is 1.04. The molecule has 0 spiro atoms. The Kier molecular flexibility index (Phi) is 6.56. The third kappa shape index (κ3) is 4.77. The predicted molar refractivity (Wildman–Crippen MR) is 198 cm³/mol. The zero-order chi connectivity index (χ0) is 33.7. The van der Waals surface area contributed by atoms with E-state index in [-0.39, 0.29) is 0 Å². The Labute approximate surface area is 291 Å². The Bertz CT molecular complexity index is 2530. The van der Waals surface area contributed by atoms with Gasteiger partial charge >= 0.3 is 0 Å². The number of aromatic nitrogens is 10. The summed E-state index contributed by atoms with van der Waals surface area (Å²) in [6.07, 6.45) is 5.36. The van der Waals surface area contributed by atoms with E-state index in [0.29, 0.717) is 28.9 Å². The van der Waals surface area contributed by atoms with Gasteiger partial charge in [0.1, 0.15) is 33.8 Å². The summed E-state index contributed by atoms with van der Waals surface area (Å²) >= 11 is 0. The van der Waals surface area contributed by atoms with E-state index in [9.17, 15) is 0 Å². The first-order valence-corrected chi connectivity index (χ1v) is 16.5. The molecule has 0 N–H and O–H groups in total. The molecule has 0 bridgehead atoms. The van der Waals surface area contributed by atoms with Crippen molar-refractivity contribution < 1.29 is 0 Å². The van der Waals surface area contributed by atoms with Crippen LogP contribution in [0.5, 0.6) is 0 Å². The number of imidazole rings is 3. The molecule has 0 fully saturated rings. The van der Waals surface area contributed by atoms with Crippen molar-refractivity contribution >= 4 is 33.5 Å². The summed E-state index contributed by atoms with van der Waals surface area (Å²) < 4.78 is 6.19. The maximum atomic E-state index is 5.34. The minimum absolute atomic E-state index is 0.628. The fraction of sp³-hybridized carbons (Fsp3) is 0. The van der Waals surface area contributed by atoms with Gasteiger partial charge in [-0.05, 0) is 84.9 Å². The van der Waals surface area contributed by atoms with Crippen molar-refractivity contribution in [1.29, 1.82) is 0 Å². The number of pyridine rings is 4. The number of nitrogens with zero attached hydrogens (tertiary/aromatic N) is 10. The largest absolute Gasteiger partial charge is 0.277 e. The average Bonchev–Trinajstić information content (AvgIpc) is 3.91. The minimum Gasteiger partial charge on any atom is -0.277 e. The number of rotatable bonds is 6. The van der Waals surface area contributed by atoms with Crippen LogP contribution in [0, 0.1) is 0 Å². The van der Waals surface area contributed by atoms with Crippen LogP contribution in [0.4, 0.5) is 0 Å². The second-order valence-corrected chi connectivity index (χ2v) is 12.0. The van der Waals surface area contributed by atoms with Crippen LogP contribution in [0.15, 0.2) is 158 Å². The molecule has 3 aromatic carbocycles. The molecule has 0 saturated carbocycles. The molecule has 0 atom stereocenters. The molecule has 51 heavy (non-hydrogen) atoms. The van der Waals surface area contributed by atoms with E-state index in [4.69, 9.17) is 34.9 Å². The zero-order valence-electron chi connectivity index (χ0n) is 27.0. The van der Waals surface area contributed by atoms with Gasteiger partial charge in [0.05, 0.1) is 0 Å². The lowest BCUT2D eigenvalue weighted by atomic mass is 10.1. The van der Waals surface area contributed by atoms with Crippen molar-refractivity contribution in [2.75, 3.05) is 0 Å². The highest BCUT2D eigenvalue weighted by Gasteiger charge is 2.24. The van der Waals surface area contributed by atoms with Crippen molar-refractivity contribution in [2.24, 2.45) is 0 Å². The van der Waals surface area contributed by atoms with Crippen LogP contribution in [0.1, 0.15) is 0 Å². The molecule has 0 aliphatic heterocycles. The van der Waals surface area contributed by atoms with Crippen molar-refractivity contribution in [1.82, 2.24) is 48.6 Å². The Morgan fingerprint density at radius 1 is 0.333 bits per heavy atom. The van der Waals surface area contributed by atoms with Crippen LogP contribution in [-0.4, -0.2) is 48.6 Å². The van der Waals surface area contributed by atoms with Gasteiger partial charge in [-0.15, -0.1) is 0 Å². The number of hydrogen-bond donors (Lipinski definition) is 0. The highest BCUT2D eigenvalue weighted by atomic mass is 15.2. The first kappa shape index (κ1) is 28.7. The fourth-order valence-electron chi connectivity index (χ4n) is 6.63. The van der Waals surface area contributed by atoms with Gasteiger partial charge in [-0.2, -0.15) is 0 Å². The quantitative estimate of drug-likeness (QED) is 0.177. The van der Waals surface area contributed by atoms with Gasteiger partial charge in [0.25, 0.3) is 0 Å². The third-order valence-corrected chi connectivity index (χ3v) is 8.83. The van der Waals surface area contributed by atoms with Crippen LogP contribution in [0.3, 0.4) is 0 Å². The minimum atomic E-state index is 0.628. The maximum Gasteiger partial charge on any atom is 0.165 e. The smallest absolute Gasteiger partial charge is 0.165 e. The average molecular weight is 659 g/mol. The van der Waals surface area contributed by atoms with Crippen molar-refractivity contribution in [3.05, 3.63) is 158 Å². The SMILES string of the molecule is c1ccc(-n2c(-c3cc(-c4nc5cccnc5n4-c4ccccc4)nc(-c4nc5cccnc5n4-c4ccccc4)c3)nc3cccnc32)cc1. The highest BCUT2D eigenvalue weighted by Crippen LogP contribution is 2.36. The fourth-order valence-corrected chi connectivity index (χ4v) is 6.63. The van der Waals surface area contributed by atoms with Gasteiger partial charge < -0.3 is 0 Å². The Morgan fingerprint density at radius 3 is 1.08 bits per heavy atom. The van der Waals surface area contributed by atoms with E-state index in [0.717, 1.165) is 56.1 Å². The van der Waals surface area contributed by atoms with Gasteiger partial charge in [-0.1, -0.05) is 54.6 Å². The number of para-hydroxylation sites is 3. The van der Waals surface area contributed by atoms with Gasteiger partial charge in [0, 0.05) is 41.2 Å². The van der Waals surface area contributed by atoms with Crippen LogP contribution in [0.2, 0.25) is 0 Å². The lowest BCUT2D eigenvalue weighted by Gasteiger charge is -2.14. The normalized spacial score (nSPS) is 11.5. The van der Waals surface area contributed by atoms with Gasteiger partial charge in [0.15, 0.2) is 28.6 Å². The second kappa shape index (κ2) is 11.7. The molecule has 0 amide bonds. The summed E-state index contributed by atoms with van der Waals surface area (Å²) in [5, 5.41) is 0. The van der Waals surface area contributed by atoms with Crippen LogP contribution < -0.4 is 0 Å². The third-order valence-electron chi connectivity index (χ3n) is 8.83. The maximum absolute atomic E-state index is 5.34. The molecule has 10 aromatic rings. The summed E-state index contributed by atoms with van der Waals surface area (Å²) in [7, 11) is 0. The van der Waals surface area contributed by atoms with E-state index in [2.05, 4.69) is 25.8 Å². The summed E-state index contributed by atoms with van der Waals surface area (Å²) in [6.45, 7) is 0. The molecule has 0 unspecified atom stereocenters. The number of hydrogen-bond acceptors (Lipinski definition) is 7. The summed E-state index contributed by atoms with van der Waals surface area (Å²) in [5.74, 6) is 1.98. The summed E-state index contributed by atoms with van der Waals surface area (Å²) in [5.41, 5.74) is 9.35. The summed E-state index contributed by atoms with van der Waals surface area (Å²) in [6, 6.07) is 46.1.